The smallest absolute Gasteiger partial charge is 0.263 e. The molecule has 142 valence electrons. The second-order valence-electron chi connectivity index (χ2n) is 6.89. The predicted octanol–water partition coefficient (Wildman–Crippen LogP) is 4.22. The summed E-state index contributed by atoms with van der Waals surface area (Å²) in [6.45, 7) is 2.23. The van der Waals surface area contributed by atoms with Gasteiger partial charge >= 0.3 is 0 Å². The normalized spacial score (nSPS) is 18.5. The Hall–Kier alpha value is -2.38. The number of imidazole rings is 1. The zero-order valence-electron chi connectivity index (χ0n) is 14.9. The molecule has 2 aromatic carbocycles. The van der Waals surface area contributed by atoms with Crippen molar-refractivity contribution in [1.82, 2.24) is 14.5 Å². The molecule has 0 saturated carbocycles. The van der Waals surface area contributed by atoms with Crippen molar-refractivity contribution in [2.75, 3.05) is 19.7 Å². The fraction of sp³-hybridized carbons (Fsp3) is 0.350. The second kappa shape index (κ2) is 7.32. The minimum atomic E-state index is -2.68. The molecule has 7 heteroatoms. The third-order valence-corrected chi connectivity index (χ3v) is 4.91. The fourth-order valence-electron chi connectivity index (χ4n) is 3.54. The van der Waals surface area contributed by atoms with Gasteiger partial charge in [-0.15, -0.1) is 0 Å². The fourth-order valence-corrected chi connectivity index (χ4v) is 3.54. The molecule has 0 radical (unpaired) electrons. The van der Waals surface area contributed by atoms with Crippen LogP contribution in [0.2, 0.25) is 0 Å². The van der Waals surface area contributed by atoms with Crippen molar-refractivity contribution in [2.45, 2.75) is 19.1 Å². The van der Waals surface area contributed by atoms with Crippen LogP contribution in [-0.2, 0) is 18.3 Å². The van der Waals surface area contributed by atoms with Crippen molar-refractivity contribution in [3.8, 4) is 0 Å². The van der Waals surface area contributed by atoms with Gasteiger partial charge < -0.3 is 9.30 Å². The molecule has 0 N–H and O–H groups in total. The van der Waals surface area contributed by atoms with Gasteiger partial charge in [-0.3, -0.25) is 4.90 Å². The molecule has 1 aromatic heterocycles. The topological polar surface area (TPSA) is 30.3 Å². The number of alkyl halides is 2. The van der Waals surface area contributed by atoms with E-state index in [0.29, 0.717) is 31.8 Å². The molecule has 1 fully saturated rings. The monoisotopic (exact) mass is 375 g/mol. The molecule has 2 heterocycles. The summed E-state index contributed by atoms with van der Waals surface area (Å²) in [7, 11) is 1.94. The van der Waals surface area contributed by atoms with Crippen LogP contribution in [0.5, 0.6) is 0 Å². The van der Waals surface area contributed by atoms with E-state index in [-0.39, 0.29) is 11.7 Å². The van der Waals surface area contributed by atoms with Crippen LogP contribution < -0.4 is 0 Å². The average molecular weight is 375 g/mol. The minimum absolute atomic E-state index is 0.124. The summed E-state index contributed by atoms with van der Waals surface area (Å²) >= 11 is 0. The SMILES string of the molecule is Cn1cnc2ccc(C3CN(Cc4cc(F)cc(C(F)F)c4)CCO3)cc21. The third kappa shape index (κ3) is 3.84. The largest absolute Gasteiger partial charge is 0.371 e. The van der Waals surface area contributed by atoms with Gasteiger partial charge in [-0.25, -0.2) is 18.2 Å². The molecule has 1 saturated heterocycles. The van der Waals surface area contributed by atoms with Crippen LogP contribution in [-0.4, -0.2) is 34.1 Å². The van der Waals surface area contributed by atoms with Gasteiger partial charge in [0.1, 0.15) is 5.82 Å². The summed E-state index contributed by atoms with van der Waals surface area (Å²) in [6.07, 6.45) is -1.03. The maximum absolute atomic E-state index is 13.7. The van der Waals surface area contributed by atoms with E-state index in [2.05, 4.69) is 16.0 Å². The summed E-state index contributed by atoms with van der Waals surface area (Å²) in [6, 6.07) is 9.61. The summed E-state index contributed by atoms with van der Waals surface area (Å²) in [4.78, 5) is 6.42. The molecule has 3 aromatic rings. The Kier molecular flexibility index (Phi) is 4.88. The number of aromatic nitrogens is 2. The van der Waals surface area contributed by atoms with Crippen LogP contribution in [0.4, 0.5) is 13.2 Å². The van der Waals surface area contributed by atoms with Gasteiger partial charge in [0.15, 0.2) is 0 Å². The first-order valence-electron chi connectivity index (χ1n) is 8.82. The van der Waals surface area contributed by atoms with Crippen molar-refractivity contribution in [3.63, 3.8) is 0 Å². The number of hydrogen-bond acceptors (Lipinski definition) is 3. The molecular formula is C20H20F3N3O. The van der Waals surface area contributed by atoms with Crippen molar-refractivity contribution < 1.29 is 17.9 Å². The van der Waals surface area contributed by atoms with Crippen molar-refractivity contribution in [2.24, 2.45) is 7.05 Å². The lowest BCUT2D eigenvalue weighted by Crippen LogP contribution is -2.37. The zero-order chi connectivity index (χ0) is 19.0. The molecule has 0 spiro atoms. The predicted molar refractivity (Wildman–Crippen MR) is 96.0 cm³/mol. The highest BCUT2D eigenvalue weighted by atomic mass is 19.3. The maximum atomic E-state index is 13.7. The van der Waals surface area contributed by atoms with E-state index in [0.717, 1.165) is 22.7 Å². The molecule has 1 aliphatic heterocycles. The first-order valence-corrected chi connectivity index (χ1v) is 8.82. The number of nitrogens with zero attached hydrogens (tertiary/aromatic N) is 3. The molecule has 1 atom stereocenters. The summed E-state index contributed by atoms with van der Waals surface area (Å²) in [5, 5.41) is 0. The van der Waals surface area contributed by atoms with Crippen LogP contribution in [0.3, 0.4) is 0 Å². The molecule has 0 aliphatic carbocycles. The zero-order valence-corrected chi connectivity index (χ0v) is 14.9. The molecular weight excluding hydrogens is 355 g/mol. The Morgan fingerprint density at radius 1 is 1.22 bits per heavy atom. The number of rotatable bonds is 4. The lowest BCUT2D eigenvalue weighted by Gasteiger charge is -2.33. The number of halogens is 3. The molecule has 1 aliphatic rings. The highest BCUT2D eigenvalue weighted by Gasteiger charge is 2.23. The number of aryl methyl sites for hydroxylation is 1. The van der Waals surface area contributed by atoms with Crippen molar-refractivity contribution >= 4 is 11.0 Å². The van der Waals surface area contributed by atoms with E-state index in [9.17, 15) is 13.2 Å². The summed E-state index contributed by atoms with van der Waals surface area (Å²) in [5.41, 5.74) is 3.26. The van der Waals surface area contributed by atoms with Crippen LogP contribution >= 0.6 is 0 Å². The Bertz CT molecular complexity index is 957. The quantitative estimate of drug-likeness (QED) is 0.684. The van der Waals surface area contributed by atoms with Gasteiger partial charge in [0.25, 0.3) is 6.43 Å². The van der Waals surface area contributed by atoms with Crippen LogP contribution in [0.1, 0.15) is 29.2 Å². The van der Waals surface area contributed by atoms with Gasteiger partial charge in [-0.05, 0) is 41.5 Å². The van der Waals surface area contributed by atoms with Crippen LogP contribution in [0.15, 0.2) is 42.7 Å². The van der Waals surface area contributed by atoms with Gasteiger partial charge in [0.2, 0.25) is 0 Å². The van der Waals surface area contributed by atoms with Gasteiger partial charge in [-0.1, -0.05) is 6.07 Å². The average Bonchev–Trinajstić information content (AvgIpc) is 3.02. The minimum Gasteiger partial charge on any atom is -0.371 e. The Morgan fingerprint density at radius 2 is 2.07 bits per heavy atom. The third-order valence-electron chi connectivity index (χ3n) is 4.91. The molecule has 27 heavy (non-hydrogen) atoms. The summed E-state index contributed by atoms with van der Waals surface area (Å²) in [5.74, 6) is -0.630. The van der Waals surface area contributed by atoms with Crippen molar-refractivity contribution in [1.29, 1.82) is 0 Å². The number of hydrogen-bond donors (Lipinski definition) is 0. The molecule has 4 nitrogen and oxygen atoms in total. The molecule has 4 rings (SSSR count). The molecule has 1 unspecified atom stereocenters. The number of morpholine rings is 1. The standard InChI is InChI=1S/C20H20F3N3O/c1-25-12-24-17-3-2-14(9-18(17)25)19-11-26(4-5-27-19)10-13-6-15(20(22)23)8-16(21)7-13/h2-3,6-9,12,19-20H,4-5,10-11H2,1H3. The number of ether oxygens (including phenoxy) is 1. The van der Waals surface area contributed by atoms with E-state index >= 15 is 0 Å². The van der Waals surface area contributed by atoms with Gasteiger partial charge in [0.05, 0.1) is 30.1 Å². The van der Waals surface area contributed by atoms with Gasteiger partial charge in [-0.2, -0.15) is 0 Å². The maximum Gasteiger partial charge on any atom is 0.263 e. The Morgan fingerprint density at radius 3 is 2.89 bits per heavy atom. The number of benzene rings is 2. The van der Waals surface area contributed by atoms with E-state index < -0.39 is 12.2 Å². The van der Waals surface area contributed by atoms with Crippen LogP contribution in [0.25, 0.3) is 11.0 Å². The van der Waals surface area contributed by atoms with E-state index in [1.54, 1.807) is 6.33 Å². The van der Waals surface area contributed by atoms with Crippen LogP contribution in [0, 0.1) is 5.82 Å². The van der Waals surface area contributed by atoms with E-state index in [1.807, 2.05) is 23.7 Å². The van der Waals surface area contributed by atoms with E-state index in [4.69, 9.17) is 4.74 Å². The Balaban J connectivity index is 1.51. The van der Waals surface area contributed by atoms with E-state index in [1.165, 1.54) is 12.1 Å². The number of fused-ring (bicyclic) bond motifs is 1. The highest BCUT2D eigenvalue weighted by Crippen LogP contribution is 2.27. The first-order chi connectivity index (χ1) is 13.0. The van der Waals surface area contributed by atoms with Gasteiger partial charge in [0, 0.05) is 32.2 Å². The highest BCUT2D eigenvalue weighted by molar-refractivity contribution is 5.76. The molecule has 0 bridgehead atoms. The lowest BCUT2D eigenvalue weighted by atomic mass is 10.1. The first kappa shape index (κ1) is 18.0. The lowest BCUT2D eigenvalue weighted by molar-refractivity contribution is -0.0329. The second-order valence-corrected chi connectivity index (χ2v) is 6.89. The summed E-state index contributed by atoms with van der Waals surface area (Å²) < 4.78 is 47.4. The van der Waals surface area contributed by atoms with Crippen molar-refractivity contribution in [3.05, 3.63) is 65.2 Å². The molecule has 0 amide bonds. The Labute approximate surface area is 155 Å².